The number of ether oxygens (including phenoxy) is 2. The third-order valence-corrected chi connectivity index (χ3v) is 6.24. The first-order chi connectivity index (χ1) is 14.8. The molecule has 1 aliphatic heterocycles. The van der Waals surface area contributed by atoms with Gasteiger partial charge in [-0.2, -0.15) is 0 Å². The molecule has 6 heteroatoms. The Morgan fingerprint density at radius 1 is 0.968 bits per heavy atom. The minimum absolute atomic E-state index is 0.182. The van der Waals surface area contributed by atoms with Crippen LogP contribution in [0.25, 0.3) is 0 Å². The molecule has 0 atom stereocenters. The fourth-order valence-corrected chi connectivity index (χ4v) is 4.15. The van der Waals surface area contributed by atoms with E-state index in [-0.39, 0.29) is 5.91 Å². The van der Waals surface area contributed by atoms with Crippen LogP contribution in [0.4, 0.5) is 5.69 Å². The Hall–Kier alpha value is -2.73. The van der Waals surface area contributed by atoms with Crippen LogP contribution in [0.2, 0.25) is 0 Å². The van der Waals surface area contributed by atoms with E-state index in [1.807, 2.05) is 24.1 Å². The number of methoxy groups -OCH3 is 2. The molecule has 3 rings (SSSR count). The molecule has 1 aliphatic rings. The molecule has 31 heavy (non-hydrogen) atoms. The van der Waals surface area contributed by atoms with Gasteiger partial charge < -0.3 is 19.3 Å². The first-order valence-corrected chi connectivity index (χ1v) is 10.8. The van der Waals surface area contributed by atoms with Crippen LogP contribution in [0.5, 0.6) is 11.5 Å². The molecular formula is C25H35N3O3. The highest BCUT2D eigenvalue weighted by Crippen LogP contribution is 2.30. The van der Waals surface area contributed by atoms with Crippen molar-refractivity contribution in [1.82, 2.24) is 9.80 Å². The zero-order valence-corrected chi connectivity index (χ0v) is 19.7. The van der Waals surface area contributed by atoms with Crippen molar-refractivity contribution >= 4 is 11.6 Å². The van der Waals surface area contributed by atoms with Crippen molar-refractivity contribution in [3.63, 3.8) is 0 Å². The minimum Gasteiger partial charge on any atom is -0.493 e. The SMILES string of the molecule is COc1cc(C)c(CN(C)CC(=O)N2CCN(c3cccc(C)c3C)CC2)cc1OC. The summed E-state index contributed by atoms with van der Waals surface area (Å²) in [7, 11) is 5.27. The fourth-order valence-electron chi connectivity index (χ4n) is 4.15. The molecular weight excluding hydrogens is 390 g/mol. The number of aryl methyl sites for hydroxylation is 2. The molecule has 1 saturated heterocycles. The van der Waals surface area contributed by atoms with Crippen molar-refractivity contribution < 1.29 is 14.3 Å². The maximum atomic E-state index is 12.9. The summed E-state index contributed by atoms with van der Waals surface area (Å²) in [4.78, 5) is 19.3. The van der Waals surface area contributed by atoms with Gasteiger partial charge in [0.2, 0.25) is 5.91 Å². The number of piperazine rings is 1. The maximum Gasteiger partial charge on any atom is 0.236 e. The fraction of sp³-hybridized carbons (Fsp3) is 0.480. The molecule has 2 aromatic carbocycles. The molecule has 0 unspecified atom stereocenters. The number of hydrogen-bond donors (Lipinski definition) is 0. The van der Waals surface area contributed by atoms with Gasteiger partial charge in [0.25, 0.3) is 0 Å². The molecule has 0 aromatic heterocycles. The second-order valence-electron chi connectivity index (χ2n) is 8.39. The van der Waals surface area contributed by atoms with Gasteiger partial charge in [-0.05, 0) is 68.3 Å². The number of benzene rings is 2. The number of hydrogen-bond acceptors (Lipinski definition) is 5. The Morgan fingerprint density at radius 2 is 1.61 bits per heavy atom. The van der Waals surface area contributed by atoms with Crippen molar-refractivity contribution in [3.8, 4) is 11.5 Å². The third kappa shape index (κ3) is 5.31. The van der Waals surface area contributed by atoms with Gasteiger partial charge >= 0.3 is 0 Å². The lowest BCUT2D eigenvalue weighted by molar-refractivity contribution is -0.132. The lowest BCUT2D eigenvalue weighted by Gasteiger charge is -2.37. The smallest absolute Gasteiger partial charge is 0.236 e. The molecule has 0 saturated carbocycles. The molecule has 1 fully saturated rings. The first-order valence-electron chi connectivity index (χ1n) is 10.8. The van der Waals surface area contributed by atoms with Crippen LogP contribution < -0.4 is 14.4 Å². The molecule has 2 aromatic rings. The summed E-state index contributed by atoms with van der Waals surface area (Å²) < 4.78 is 10.8. The van der Waals surface area contributed by atoms with Gasteiger partial charge in [0, 0.05) is 38.4 Å². The van der Waals surface area contributed by atoms with Crippen LogP contribution in [0.1, 0.15) is 22.3 Å². The van der Waals surface area contributed by atoms with E-state index in [1.54, 1.807) is 14.2 Å². The van der Waals surface area contributed by atoms with Gasteiger partial charge in [0.05, 0.1) is 20.8 Å². The van der Waals surface area contributed by atoms with Crippen molar-refractivity contribution in [2.24, 2.45) is 0 Å². The van der Waals surface area contributed by atoms with Gasteiger partial charge in [-0.15, -0.1) is 0 Å². The third-order valence-electron chi connectivity index (χ3n) is 6.24. The van der Waals surface area contributed by atoms with Crippen molar-refractivity contribution in [1.29, 1.82) is 0 Å². The summed E-state index contributed by atoms with van der Waals surface area (Å²) in [5, 5.41) is 0. The molecule has 6 nitrogen and oxygen atoms in total. The average Bonchev–Trinajstić information content (AvgIpc) is 2.76. The molecule has 0 N–H and O–H groups in total. The van der Waals surface area contributed by atoms with E-state index >= 15 is 0 Å². The second kappa shape index (κ2) is 10.1. The summed E-state index contributed by atoms with van der Waals surface area (Å²) in [5.41, 5.74) is 6.18. The van der Waals surface area contributed by atoms with Gasteiger partial charge in [-0.25, -0.2) is 0 Å². The highest BCUT2D eigenvalue weighted by Gasteiger charge is 2.23. The van der Waals surface area contributed by atoms with Crippen LogP contribution in [0.3, 0.4) is 0 Å². The van der Waals surface area contributed by atoms with Crippen LogP contribution in [0, 0.1) is 20.8 Å². The van der Waals surface area contributed by atoms with E-state index in [9.17, 15) is 4.79 Å². The Bertz CT molecular complexity index is 920. The Kier molecular flexibility index (Phi) is 7.44. The van der Waals surface area contributed by atoms with E-state index in [4.69, 9.17) is 9.47 Å². The van der Waals surface area contributed by atoms with Crippen molar-refractivity contribution in [2.45, 2.75) is 27.3 Å². The monoisotopic (exact) mass is 425 g/mol. The largest absolute Gasteiger partial charge is 0.493 e. The molecule has 168 valence electrons. The number of anilines is 1. The summed E-state index contributed by atoms with van der Waals surface area (Å²) >= 11 is 0. The number of amides is 1. The molecule has 0 spiro atoms. The highest BCUT2D eigenvalue weighted by atomic mass is 16.5. The summed E-state index contributed by atoms with van der Waals surface area (Å²) in [6, 6.07) is 10.4. The zero-order valence-electron chi connectivity index (χ0n) is 19.7. The van der Waals surface area contributed by atoms with E-state index in [0.717, 1.165) is 43.1 Å². The quantitative estimate of drug-likeness (QED) is 0.680. The standard InChI is InChI=1S/C25H35N3O3/c1-18-8-7-9-22(20(18)3)27-10-12-28(13-11-27)25(29)17-26(4)16-21-15-24(31-6)23(30-5)14-19(21)2/h7-9,14-15H,10-13,16-17H2,1-6H3. The maximum absolute atomic E-state index is 12.9. The predicted octanol–water partition coefficient (Wildman–Crippen LogP) is 3.41. The van der Waals surface area contributed by atoms with Gasteiger partial charge in [0.15, 0.2) is 11.5 Å². The van der Waals surface area contributed by atoms with E-state index in [2.05, 4.69) is 48.8 Å². The minimum atomic E-state index is 0.182. The lowest BCUT2D eigenvalue weighted by atomic mass is 10.1. The number of carbonyl (C=O) groups excluding carboxylic acids is 1. The van der Waals surface area contributed by atoms with E-state index < -0.39 is 0 Å². The normalized spacial score (nSPS) is 14.2. The molecule has 0 bridgehead atoms. The molecule has 0 radical (unpaired) electrons. The second-order valence-corrected chi connectivity index (χ2v) is 8.39. The van der Waals surface area contributed by atoms with Gasteiger partial charge in [-0.3, -0.25) is 9.69 Å². The summed E-state index contributed by atoms with van der Waals surface area (Å²) in [6.07, 6.45) is 0. The lowest BCUT2D eigenvalue weighted by Crippen LogP contribution is -2.51. The van der Waals surface area contributed by atoms with E-state index in [0.29, 0.717) is 18.8 Å². The average molecular weight is 426 g/mol. The Balaban J connectivity index is 1.56. The van der Waals surface area contributed by atoms with Crippen molar-refractivity contribution in [3.05, 3.63) is 52.6 Å². The Morgan fingerprint density at radius 3 is 2.26 bits per heavy atom. The van der Waals surface area contributed by atoms with Gasteiger partial charge in [0.1, 0.15) is 0 Å². The topological polar surface area (TPSA) is 45.2 Å². The van der Waals surface area contributed by atoms with Crippen molar-refractivity contribution in [2.75, 3.05) is 58.9 Å². The van der Waals surface area contributed by atoms with Crippen LogP contribution in [-0.2, 0) is 11.3 Å². The predicted molar refractivity (Wildman–Crippen MR) is 125 cm³/mol. The molecule has 0 aliphatic carbocycles. The number of likely N-dealkylation sites (N-methyl/N-ethyl adjacent to an activating group) is 1. The first kappa shape index (κ1) is 22.9. The molecule has 1 amide bonds. The number of rotatable bonds is 7. The number of nitrogens with zero attached hydrogens (tertiary/aromatic N) is 3. The van der Waals surface area contributed by atoms with Gasteiger partial charge in [-0.1, -0.05) is 12.1 Å². The highest BCUT2D eigenvalue weighted by molar-refractivity contribution is 5.78. The summed E-state index contributed by atoms with van der Waals surface area (Å²) in [6.45, 7) is 10.7. The molecule has 1 heterocycles. The summed E-state index contributed by atoms with van der Waals surface area (Å²) in [5.74, 6) is 1.62. The van der Waals surface area contributed by atoms with Crippen LogP contribution >= 0.6 is 0 Å². The van der Waals surface area contributed by atoms with E-state index in [1.165, 1.54) is 16.8 Å². The number of carbonyl (C=O) groups is 1. The van der Waals surface area contributed by atoms with Crippen LogP contribution in [0.15, 0.2) is 30.3 Å². The zero-order chi connectivity index (χ0) is 22.5. The Labute approximate surface area is 186 Å². The van der Waals surface area contributed by atoms with Crippen LogP contribution in [-0.4, -0.2) is 69.7 Å².